The largest absolute Gasteiger partial charge is 0.339 e. The molecule has 0 N–H and O–H groups in total. The summed E-state index contributed by atoms with van der Waals surface area (Å²) < 4.78 is 0. The summed E-state index contributed by atoms with van der Waals surface area (Å²) in [7, 11) is 1.71. The second-order valence-electron chi connectivity index (χ2n) is 7.84. The van der Waals surface area contributed by atoms with Gasteiger partial charge in [-0.15, -0.1) is 0 Å². The first-order chi connectivity index (χ1) is 11.9. The zero-order valence-electron chi connectivity index (χ0n) is 15.7. The lowest BCUT2D eigenvalue weighted by molar-refractivity contribution is -0.141. The topological polar surface area (TPSA) is 64.2 Å². The number of carbonyl (C=O) groups excluding carboxylic acids is 3. The van der Waals surface area contributed by atoms with Gasteiger partial charge in [0.25, 0.3) is 5.91 Å². The molecule has 0 unspecified atom stereocenters. The normalized spacial score (nSPS) is 24.7. The van der Waals surface area contributed by atoms with Gasteiger partial charge in [0.1, 0.15) is 12.1 Å². The number of hydrogen-bond donors (Lipinski definition) is 0. The van der Waals surface area contributed by atoms with Gasteiger partial charge in [0, 0.05) is 39.3 Å². The van der Waals surface area contributed by atoms with Crippen LogP contribution in [0, 0.1) is 0 Å². The van der Waals surface area contributed by atoms with Crippen LogP contribution in [-0.4, -0.2) is 88.8 Å². The molecule has 3 fully saturated rings. The second kappa shape index (κ2) is 6.94. The van der Waals surface area contributed by atoms with E-state index < -0.39 is 5.54 Å². The minimum atomic E-state index is -0.702. The van der Waals surface area contributed by atoms with Crippen molar-refractivity contribution in [1.82, 2.24) is 19.6 Å². The van der Waals surface area contributed by atoms with Crippen molar-refractivity contribution in [3.8, 4) is 0 Å². The maximum atomic E-state index is 12.9. The van der Waals surface area contributed by atoms with E-state index in [9.17, 15) is 14.4 Å². The van der Waals surface area contributed by atoms with Gasteiger partial charge >= 0.3 is 6.03 Å². The molecular formula is C18H30N4O3. The molecular weight excluding hydrogens is 320 g/mol. The van der Waals surface area contributed by atoms with Crippen LogP contribution in [0.4, 0.5) is 4.79 Å². The fraction of sp³-hybridized carbons (Fsp3) is 0.833. The number of carbonyl (C=O) groups is 3. The molecule has 7 nitrogen and oxygen atoms in total. The Morgan fingerprint density at radius 2 is 1.64 bits per heavy atom. The Hall–Kier alpha value is -1.63. The van der Waals surface area contributed by atoms with E-state index in [4.69, 9.17) is 0 Å². The molecule has 2 saturated heterocycles. The van der Waals surface area contributed by atoms with E-state index in [1.807, 2.05) is 0 Å². The van der Waals surface area contributed by atoms with Crippen LogP contribution in [0.2, 0.25) is 0 Å². The first-order valence-corrected chi connectivity index (χ1v) is 9.48. The summed E-state index contributed by atoms with van der Waals surface area (Å²) in [5, 5.41) is 0. The van der Waals surface area contributed by atoms with Crippen molar-refractivity contribution < 1.29 is 14.4 Å². The fourth-order valence-corrected chi connectivity index (χ4v) is 4.39. The summed E-state index contributed by atoms with van der Waals surface area (Å²) in [6, 6.07) is 0.153. The zero-order valence-corrected chi connectivity index (χ0v) is 15.7. The van der Waals surface area contributed by atoms with E-state index in [1.165, 1.54) is 4.90 Å². The first-order valence-electron chi connectivity index (χ1n) is 9.48. The fourth-order valence-electron chi connectivity index (χ4n) is 4.39. The van der Waals surface area contributed by atoms with Crippen molar-refractivity contribution in [1.29, 1.82) is 0 Å². The van der Waals surface area contributed by atoms with E-state index in [-0.39, 0.29) is 24.4 Å². The van der Waals surface area contributed by atoms with Crippen molar-refractivity contribution >= 4 is 17.8 Å². The Balaban J connectivity index is 1.64. The molecule has 3 aliphatic rings. The molecule has 1 saturated carbocycles. The molecule has 2 heterocycles. The highest BCUT2D eigenvalue weighted by Crippen LogP contribution is 2.39. The van der Waals surface area contributed by atoms with Crippen molar-refractivity contribution in [2.24, 2.45) is 0 Å². The van der Waals surface area contributed by atoms with Crippen LogP contribution in [0.25, 0.3) is 0 Å². The Morgan fingerprint density at radius 1 is 1.04 bits per heavy atom. The summed E-state index contributed by atoms with van der Waals surface area (Å²) in [4.78, 5) is 45.1. The SMILES string of the molecule is CC(C)N1CCN(C(=O)CN2C(=O)N(C)C3(CCCCC3)C2=O)CC1. The third-order valence-corrected chi connectivity index (χ3v) is 6.17. The number of rotatable bonds is 3. The van der Waals surface area contributed by atoms with Crippen LogP contribution in [0.5, 0.6) is 0 Å². The highest BCUT2D eigenvalue weighted by atomic mass is 16.2. The molecule has 1 aliphatic carbocycles. The third kappa shape index (κ3) is 3.14. The molecule has 0 aromatic heterocycles. The highest BCUT2D eigenvalue weighted by Gasteiger charge is 2.56. The first kappa shape index (κ1) is 18.2. The number of urea groups is 1. The molecule has 4 amide bonds. The number of hydrogen-bond acceptors (Lipinski definition) is 4. The minimum absolute atomic E-state index is 0.119. The summed E-state index contributed by atoms with van der Waals surface area (Å²) in [5.74, 6) is -0.291. The van der Waals surface area contributed by atoms with E-state index in [0.717, 1.165) is 32.4 Å². The van der Waals surface area contributed by atoms with Crippen molar-refractivity contribution in [3.05, 3.63) is 0 Å². The molecule has 25 heavy (non-hydrogen) atoms. The molecule has 0 atom stereocenters. The molecule has 0 aromatic rings. The summed E-state index contributed by atoms with van der Waals surface area (Å²) in [6.07, 6.45) is 4.46. The van der Waals surface area contributed by atoms with Crippen LogP contribution >= 0.6 is 0 Å². The lowest BCUT2D eigenvalue weighted by atomic mass is 9.81. The maximum Gasteiger partial charge on any atom is 0.327 e. The predicted octanol–water partition coefficient (Wildman–Crippen LogP) is 1.14. The average Bonchev–Trinajstić information content (AvgIpc) is 2.79. The van der Waals surface area contributed by atoms with Gasteiger partial charge in [-0.2, -0.15) is 0 Å². The van der Waals surface area contributed by atoms with Crippen LogP contribution in [0.15, 0.2) is 0 Å². The predicted molar refractivity (Wildman–Crippen MR) is 94.0 cm³/mol. The number of imide groups is 1. The number of likely N-dealkylation sites (N-methyl/N-ethyl adjacent to an activating group) is 1. The Morgan fingerprint density at radius 3 is 2.20 bits per heavy atom. The van der Waals surface area contributed by atoms with Gasteiger partial charge in [0.15, 0.2) is 0 Å². The number of amides is 4. The monoisotopic (exact) mass is 350 g/mol. The summed E-state index contributed by atoms with van der Waals surface area (Å²) >= 11 is 0. The maximum absolute atomic E-state index is 12.9. The Kier molecular flexibility index (Phi) is 5.04. The van der Waals surface area contributed by atoms with Crippen molar-refractivity contribution in [2.45, 2.75) is 57.5 Å². The van der Waals surface area contributed by atoms with Crippen LogP contribution in [-0.2, 0) is 9.59 Å². The van der Waals surface area contributed by atoms with Crippen molar-refractivity contribution in [3.63, 3.8) is 0 Å². The van der Waals surface area contributed by atoms with Crippen molar-refractivity contribution in [2.75, 3.05) is 39.8 Å². The molecule has 7 heteroatoms. The molecule has 3 rings (SSSR count). The smallest absolute Gasteiger partial charge is 0.327 e. The highest BCUT2D eigenvalue weighted by molar-refractivity contribution is 6.08. The van der Waals surface area contributed by atoms with Gasteiger partial charge in [-0.3, -0.25) is 19.4 Å². The Bertz CT molecular complexity index is 549. The lowest BCUT2D eigenvalue weighted by Gasteiger charge is -2.37. The summed E-state index contributed by atoms with van der Waals surface area (Å²) in [5.41, 5.74) is -0.702. The average molecular weight is 350 g/mol. The van der Waals surface area contributed by atoms with Gasteiger partial charge < -0.3 is 9.80 Å². The van der Waals surface area contributed by atoms with Crippen LogP contribution in [0.1, 0.15) is 46.0 Å². The third-order valence-electron chi connectivity index (χ3n) is 6.17. The van der Waals surface area contributed by atoms with Gasteiger partial charge in [0.2, 0.25) is 5.91 Å². The van der Waals surface area contributed by atoms with E-state index in [0.29, 0.717) is 32.0 Å². The van der Waals surface area contributed by atoms with E-state index >= 15 is 0 Å². The molecule has 140 valence electrons. The summed E-state index contributed by atoms with van der Waals surface area (Å²) in [6.45, 7) is 7.19. The van der Waals surface area contributed by atoms with Gasteiger partial charge in [-0.05, 0) is 26.7 Å². The van der Waals surface area contributed by atoms with Crippen LogP contribution < -0.4 is 0 Å². The van der Waals surface area contributed by atoms with E-state index in [2.05, 4.69) is 18.7 Å². The standard InChI is InChI=1S/C18H30N4O3/c1-14(2)20-9-11-21(12-10-20)15(23)13-22-16(24)18(19(3)17(22)25)7-5-4-6-8-18/h14H,4-13H2,1-3H3. The van der Waals surface area contributed by atoms with E-state index in [1.54, 1.807) is 16.8 Å². The molecule has 0 aromatic carbocycles. The molecule has 2 aliphatic heterocycles. The quantitative estimate of drug-likeness (QED) is 0.716. The van der Waals surface area contributed by atoms with Gasteiger partial charge in [0.05, 0.1) is 0 Å². The molecule has 0 radical (unpaired) electrons. The molecule has 1 spiro atoms. The second-order valence-corrected chi connectivity index (χ2v) is 7.84. The van der Waals surface area contributed by atoms with Gasteiger partial charge in [-0.1, -0.05) is 19.3 Å². The number of piperazine rings is 1. The zero-order chi connectivity index (χ0) is 18.2. The van der Waals surface area contributed by atoms with Gasteiger partial charge in [-0.25, -0.2) is 4.79 Å². The molecule has 0 bridgehead atoms. The lowest BCUT2D eigenvalue weighted by Crippen LogP contribution is -2.53. The number of nitrogens with zero attached hydrogens (tertiary/aromatic N) is 4. The van der Waals surface area contributed by atoms with Crippen LogP contribution in [0.3, 0.4) is 0 Å². The Labute approximate surface area is 149 Å². The minimum Gasteiger partial charge on any atom is -0.339 e.